The van der Waals surface area contributed by atoms with Gasteiger partial charge in [-0.2, -0.15) is 0 Å². The van der Waals surface area contributed by atoms with Crippen molar-refractivity contribution in [2.24, 2.45) is 5.92 Å². The first-order chi connectivity index (χ1) is 11.1. The molecule has 136 valence electrons. The lowest BCUT2D eigenvalue weighted by molar-refractivity contribution is -0.111. The van der Waals surface area contributed by atoms with Crippen molar-refractivity contribution < 1.29 is 18.1 Å². The molecule has 0 bridgehead atoms. The lowest BCUT2D eigenvalue weighted by Crippen LogP contribution is -2.51. The van der Waals surface area contributed by atoms with Crippen LogP contribution in [0.3, 0.4) is 0 Å². The summed E-state index contributed by atoms with van der Waals surface area (Å²) in [5, 5.41) is 0.327. The van der Waals surface area contributed by atoms with Crippen LogP contribution < -0.4 is 0 Å². The van der Waals surface area contributed by atoms with E-state index in [4.69, 9.17) is 13.3 Å². The van der Waals surface area contributed by atoms with Crippen molar-refractivity contribution in [3.05, 3.63) is 0 Å². The Morgan fingerprint density at radius 1 is 1.13 bits per heavy atom. The standard InChI is InChI=1S/C17H34O4SSi/c1-4-6-7-8-9-11-17(18)22-12-10-13-23(19-5-2)20-14-16(3)15-21-23/h16H,4-15H2,1-3H3. The first-order valence-electron chi connectivity index (χ1n) is 9.19. The third-order valence-corrected chi connectivity index (χ3v) is 7.84. The second-order valence-electron chi connectivity index (χ2n) is 6.33. The Balaban J connectivity index is 2.13. The van der Waals surface area contributed by atoms with E-state index in [9.17, 15) is 4.79 Å². The average molecular weight is 363 g/mol. The Labute approximate surface area is 147 Å². The van der Waals surface area contributed by atoms with Crippen LogP contribution in [-0.2, 0) is 18.1 Å². The quantitative estimate of drug-likeness (QED) is 0.373. The molecule has 1 fully saturated rings. The van der Waals surface area contributed by atoms with Gasteiger partial charge in [0, 0.05) is 44.0 Å². The Bertz CT molecular complexity index is 320. The van der Waals surface area contributed by atoms with E-state index in [-0.39, 0.29) is 0 Å². The lowest BCUT2D eigenvalue weighted by atomic mass is 10.1. The van der Waals surface area contributed by atoms with Crippen molar-refractivity contribution in [2.45, 2.75) is 71.8 Å². The van der Waals surface area contributed by atoms with Crippen LogP contribution in [0.2, 0.25) is 6.04 Å². The maximum Gasteiger partial charge on any atom is 0.500 e. The molecule has 0 aromatic carbocycles. The average Bonchev–Trinajstić information content (AvgIpc) is 2.54. The minimum Gasteiger partial charge on any atom is -0.374 e. The molecule has 1 aliphatic rings. The summed E-state index contributed by atoms with van der Waals surface area (Å²) in [6.07, 6.45) is 7.64. The summed E-state index contributed by atoms with van der Waals surface area (Å²) in [6.45, 7) is 8.41. The van der Waals surface area contributed by atoms with E-state index in [1.54, 1.807) is 0 Å². The van der Waals surface area contributed by atoms with Crippen molar-refractivity contribution in [2.75, 3.05) is 25.6 Å². The summed E-state index contributed by atoms with van der Waals surface area (Å²) in [6, 6.07) is 0.824. The molecule has 1 aliphatic heterocycles. The molecule has 0 spiro atoms. The zero-order valence-corrected chi connectivity index (χ0v) is 16.9. The molecule has 4 nitrogen and oxygen atoms in total. The monoisotopic (exact) mass is 362 g/mol. The number of rotatable bonds is 12. The zero-order valence-electron chi connectivity index (χ0n) is 15.1. The van der Waals surface area contributed by atoms with Gasteiger partial charge in [-0.25, -0.2) is 0 Å². The zero-order chi connectivity index (χ0) is 17.0. The van der Waals surface area contributed by atoms with Crippen molar-refractivity contribution in [3.8, 4) is 0 Å². The first-order valence-corrected chi connectivity index (χ1v) is 12.1. The number of unbranched alkanes of at least 4 members (excludes halogenated alkanes) is 4. The molecule has 0 saturated carbocycles. The second-order valence-corrected chi connectivity index (χ2v) is 10.2. The van der Waals surface area contributed by atoms with E-state index in [2.05, 4.69) is 13.8 Å². The van der Waals surface area contributed by atoms with Crippen LogP contribution in [0.25, 0.3) is 0 Å². The molecule has 0 aliphatic carbocycles. The second kappa shape index (κ2) is 12.5. The SMILES string of the molecule is CCCCCCCC(=O)SCCC[Si]1(OCC)OCC(C)CO1. The molecule has 0 atom stereocenters. The predicted octanol–water partition coefficient (Wildman–Crippen LogP) is 4.66. The van der Waals surface area contributed by atoms with Gasteiger partial charge in [0.15, 0.2) is 5.12 Å². The van der Waals surface area contributed by atoms with Crippen LogP contribution in [0.1, 0.15) is 65.7 Å². The summed E-state index contributed by atoms with van der Waals surface area (Å²) < 4.78 is 17.7. The fourth-order valence-corrected chi connectivity index (χ4v) is 6.44. The smallest absolute Gasteiger partial charge is 0.374 e. The molecule has 0 unspecified atom stereocenters. The molecular weight excluding hydrogens is 328 g/mol. The minimum absolute atomic E-state index is 0.327. The Hall–Kier alpha value is 0.117. The van der Waals surface area contributed by atoms with Gasteiger partial charge in [0.25, 0.3) is 0 Å². The minimum atomic E-state index is -2.46. The summed E-state index contributed by atoms with van der Waals surface area (Å²) in [5.41, 5.74) is 0. The van der Waals surface area contributed by atoms with Crippen molar-refractivity contribution in [1.29, 1.82) is 0 Å². The normalized spacial score (nSPS) is 24.7. The number of carbonyl (C=O) groups excluding carboxylic acids is 1. The highest BCUT2D eigenvalue weighted by atomic mass is 32.2. The van der Waals surface area contributed by atoms with Crippen LogP contribution >= 0.6 is 11.8 Å². The van der Waals surface area contributed by atoms with Crippen LogP contribution in [-0.4, -0.2) is 39.5 Å². The maximum atomic E-state index is 11.9. The number of carbonyl (C=O) groups is 1. The van der Waals surface area contributed by atoms with Gasteiger partial charge in [-0.3, -0.25) is 4.79 Å². The third-order valence-electron chi connectivity index (χ3n) is 3.91. The van der Waals surface area contributed by atoms with Gasteiger partial charge in [-0.1, -0.05) is 51.3 Å². The highest BCUT2D eigenvalue weighted by Gasteiger charge is 2.43. The fraction of sp³-hybridized carbons (Fsp3) is 0.941. The van der Waals surface area contributed by atoms with E-state index in [1.807, 2.05) is 6.92 Å². The van der Waals surface area contributed by atoms with Gasteiger partial charge < -0.3 is 13.3 Å². The molecule has 0 N–H and O–H groups in total. The van der Waals surface area contributed by atoms with Crippen molar-refractivity contribution in [3.63, 3.8) is 0 Å². The summed E-state index contributed by atoms with van der Waals surface area (Å²) in [7, 11) is -2.46. The molecule has 6 heteroatoms. The molecule has 0 aromatic heterocycles. The van der Waals surface area contributed by atoms with Gasteiger partial charge in [-0.15, -0.1) is 0 Å². The van der Waals surface area contributed by atoms with Crippen LogP contribution in [0, 0.1) is 5.92 Å². The highest BCUT2D eigenvalue weighted by Crippen LogP contribution is 2.25. The van der Waals surface area contributed by atoms with Crippen LogP contribution in [0.15, 0.2) is 0 Å². The van der Waals surface area contributed by atoms with E-state index in [0.717, 1.165) is 37.9 Å². The third kappa shape index (κ3) is 9.24. The molecule has 1 saturated heterocycles. The molecule has 0 radical (unpaired) electrons. The summed E-state index contributed by atoms with van der Waals surface area (Å²) in [5.74, 6) is 1.29. The predicted molar refractivity (Wildman–Crippen MR) is 98.7 cm³/mol. The van der Waals surface area contributed by atoms with Gasteiger partial charge in [0.1, 0.15) is 0 Å². The van der Waals surface area contributed by atoms with E-state index < -0.39 is 8.80 Å². The van der Waals surface area contributed by atoms with Crippen LogP contribution in [0.5, 0.6) is 0 Å². The van der Waals surface area contributed by atoms with Gasteiger partial charge in [0.2, 0.25) is 0 Å². The maximum absolute atomic E-state index is 11.9. The molecule has 0 aromatic rings. The first kappa shape index (κ1) is 21.2. The number of hydrogen-bond acceptors (Lipinski definition) is 5. The van der Waals surface area contributed by atoms with E-state index in [1.165, 1.54) is 37.4 Å². The Kier molecular flexibility index (Phi) is 11.5. The lowest BCUT2D eigenvalue weighted by Gasteiger charge is -2.35. The molecular formula is C17H34O4SSi. The molecule has 1 rings (SSSR count). The summed E-state index contributed by atoms with van der Waals surface area (Å²) in [4.78, 5) is 11.9. The van der Waals surface area contributed by atoms with Crippen molar-refractivity contribution >= 4 is 25.7 Å². The van der Waals surface area contributed by atoms with E-state index >= 15 is 0 Å². The van der Waals surface area contributed by atoms with Crippen molar-refractivity contribution in [1.82, 2.24) is 0 Å². The number of hydrogen-bond donors (Lipinski definition) is 0. The molecule has 0 amide bonds. The molecule has 23 heavy (non-hydrogen) atoms. The van der Waals surface area contributed by atoms with E-state index in [0.29, 0.717) is 24.1 Å². The Morgan fingerprint density at radius 2 is 1.83 bits per heavy atom. The highest BCUT2D eigenvalue weighted by molar-refractivity contribution is 8.13. The van der Waals surface area contributed by atoms with Gasteiger partial charge in [0.05, 0.1) is 0 Å². The molecule has 1 heterocycles. The number of thioether (sulfide) groups is 1. The fourth-order valence-electron chi connectivity index (χ4n) is 2.57. The van der Waals surface area contributed by atoms with Crippen LogP contribution in [0.4, 0.5) is 0 Å². The summed E-state index contributed by atoms with van der Waals surface area (Å²) >= 11 is 1.46. The van der Waals surface area contributed by atoms with Gasteiger partial charge in [-0.05, 0) is 19.8 Å². The van der Waals surface area contributed by atoms with Gasteiger partial charge >= 0.3 is 8.80 Å². The Morgan fingerprint density at radius 3 is 2.48 bits per heavy atom. The topological polar surface area (TPSA) is 44.8 Å². The largest absolute Gasteiger partial charge is 0.500 e.